The molecule has 0 saturated carbocycles. The van der Waals surface area contributed by atoms with Gasteiger partial charge in [-0.25, -0.2) is 4.39 Å². The Kier molecular flexibility index (Phi) is 4.18. The molecule has 2 aromatic carbocycles. The molecule has 4 N–H and O–H groups in total. The largest absolute Gasteiger partial charge is 0.409 e. The lowest BCUT2D eigenvalue weighted by Gasteiger charge is -2.08. The fraction of sp³-hybridized carbons (Fsp3) is 0.0667. The van der Waals surface area contributed by atoms with Crippen LogP contribution in [0.15, 0.2) is 47.6 Å². The Morgan fingerprint density at radius 2 is 1.81 bits per heavy atom. The van der Waals surface area contributed by atoms with E-state index >= 15 is 0 Å². The third-order valence-electron chi connectivity index (χ3n) is 2.92. The predicted molar refractivity (Wildman–Crippen MR) is 78.0 cm³/mol. The van der Waals surface area contributed by atoms with E-state index < -0.39 is 11.7 Å². The van der Waals surface area contributed by atoms with Gasteiger partial charge in [-0.05, 0) is 36.8 Å². The molecule has 108 valence electrons. The number of hydrogen-bond donors (Lipinski definition) is 3. The molecule has 0 unspecified atom stereocenters. The van der Waals surface area contributed by atoms with Crippen molar-refractivity contribution in [3.05, 3.63) is 65.0 Å². The van der Waals surface area contributed by atoms with Crippen LogP contribution in [0.25, 0.3) is 0 Å². The molecule has 0 aliphatic heterocycles. The van der Waals surface area contributed by atoms with Gasteiger partial charge in [-0.2, -0.15) is 0 Å². The molecule has 0 aliphatic carbocycles. The quantitative estimate of drug-likeness (QED) is 0.351. The van der Waals surface area contributed by atoms with Gasteiger partial charge in [0.15, 0.2) is 5.84 Å². The van der Waals surface area contributed by atoms with Crippen LogP contribution in [-0.4, -0.2) is 17.0 Å². The molecule has 0 bridgehead atoms. The smallest absolute Gasteiger partial charge is 0.255 e. The summed E-state index contributed by atoms with van der Waals surface area (Å²) in [7, 11) is 0. The fourth-order valence-electron chi connectivity index (χ4n) is 1.78. The van der Waals surface area contributed by atoms with Crippen LogP contribution in [-0.2, 0) is 0 Å². The Morgan fingerprint density at radius 3 is 2.43 bits per heavy atom. The van der Waals surface area contributed by atoms with E-state index in [9.17, 15) is 9.18 Å². The molecule has 2 rings (SSSR count). The summed E-state index contributed by atoms with van der Waals surface area (Å²) in [6.45, 7) is 1.81. The number of halogens is 1. The standard InChI is InChI=1S/C15H14FN3O2/c1-9-2-7-12(16)13(8-9)18-15(20)11-5-3-10(4-6-11)14(17)19-21/h2-8,21H,1H3,(H2,17,19)(H,18,20). The lowest BCUT2D eigenvalue weighted by Crippen LogP contribution is -2.15. The maximum Gasteiger partial charge on any atom is 0.255 e. The monoisotopic (exact) mass is 287 g/mol. The van der Waals surface area contributed by atoms with E-state index in [2.05, 4.69) is 10.5 Å². The number of amides is 1. The molecule has 5 nitrogen and oxygen atoms in total. The van der Waals surface area contributed by atoms with Crippen LogP contribution in [0, 0.1) is 12.7 Å². The van der Waals surface area contributed by atoms with E-state index in [0.717, 1.165) is 5.56 Å². The SMILES string of the molecule is Cc1ccc(F)c(NC(=O)c2ccc(/C(N)=N/O)cc2)c1. The van der Waals surface area contributed by atoms with Gasteiger partial charge in [-0.1, -0.05) is 23.4 Å². The topological polar surface area (TPSA) is 87.7 Å². The highest BCUT2D eigenvalue weighted by molar-refractivity contribution is 6.05. The van der Waals surface area contributed by atoms with Gasteiger partial charge in [-0.3, -0.25) is 4.79 Å². The number of hydrogen-bond acceptors (Lipinski definition) is 3. The molecule has 0 heterocycles. The van der Waals surface area contributed by atoms with Gasteiger partial charge in [0.05, 0.1) is 5.69 Å². The van der Waals surface area contributed by atoms with Gasteiger partial charge in [-0.15, -0.1) is 0 Å². The summed E-state index contributed by atoms with van der Waals surface area (Å²) in [5.74, 6) is -0.987. The summed E-state index contributed by atoms with van der Waals surface area (Å²) >= 11 is 0. The van der Waals surface area contributed by atoms with Crippen LogP contribution < -0.4 is 11.1 Å². The van der Waals surface area contributed by atoms with Crippen molar-refractivity contribution in [3.63, 3.8) is 0 Å². The van der Waals surface area contributed by atoms with Crippen molar-refractivity contribution in [1.82, 2.24) is 0 Å². The number of anilines is 1. The number of oxime groups is 1. The number of nitrogens with one attached hydrogen (secondary N) is 1. The zero-order valence-corrected chi connectivity index (χ0v) is 11.3. The lowest BCUT2D eigenvalue weighted by molar-refractivity contribution is 0.102. The fourth-order valence-corrected chi connectivity index (χ4v) is 1.78. The van der Waals surface area contributed by atoms with E-state index in [4.69, 9.17) is 10.9 Å². The highest BCUT2D eigenvalue weighted by Crippen LogP contribution is 2.17. The predicted octanol–water partition coefficient (Wildman–Crippen LogP) is 2.48. The van der Waals surface area contributed by atoms with E-state index in [0.29, 0.717) is 11.1 Å². The summed E-state index contributed by atoms with van der Waals surface area (Å²) in [6.07, 6.45) is 0. The number of amidine groups is 1. The van der Waals surface area contributed by atoms with Crippen molar-refractivity contribution in [2.45, 2.75) is 6.92 Å². The zero-order valence-electron chi connectivity index (χ0n) is 11.3. The Hall–Kier alpha value is -2.89. The Morgan fingerprint density at radius 1 is 1.19 bits per heavy atom. The van der Waals surface area contributed by atoms with Gasteiger partial charge in [0, 0.05) is 11.1 Å². The number of rotatable bonds is 3. The maximum absolute atomic E-state index is 13.6. The van der Waals surface area contributed by atoms with E-state index in [-0.39, 0.29) is 11.5 Å². The van der Waals surface area contributed by atoms with Crippen molar-refractivity contribution < 1.29 is 14.4 Å². The number of nitrogens with two attached hydrogens (primary N) is 1. The normalized spacial score (nSPS) is 11.2. The van der Waals surface area contributed by atoms with Gasteiger partial charge >= 0.3 is 0 Å². The van der Waals surface area contributed by atoms with Crippen LogP contribution in [0.3, 0.4) is 0 Å². The zero-order chi connectivity index (χ0) is 15.4. The molecular weight excluding hydrogens is 273 g/mol. The van der Waals surface area contributed by atoms with Crippen LogP contribution in [0.4, 0.5) is 10.1 Å². The van der Waals surface area contributed by atoms with Gasteiger partial charge < -0.3 is 16.3 Å². The van der Waals surface area contributed by atoms with Crippen molar-refractivity contribution >= 4 is 17.4 Å². The van der Waals surface area contributed by atoms with Crippen molar-refractivity contribution in [1.29, 1.82) is 0 Å². The second kappa shape index (κ2) is 6.04. The third-order valence-corrected chi connectivity index (χ3v) is 2.92. The molecule has 0 fully saturated rings. The molecule has 0 saturated heterocycles. The lowest BCUT2D eigenvalue weighted by atomic mass is 10.1. The second-order valence-electron chi connectivity index (χ2n) is 4.50. The molecule has 0 atom stereocenters. The highest BCUT2D eigenvalue weighted by Gasteiger charge is 2.10. The second-order valence-corrected chi connectivity index (χ2v) is 4.50. The molecule has 0 spiro atoms. The highest BCUT2D eigenvalue weighted by atomic mass is 19.1. The molecule has 6 heteroatoms. The Labute approximate surface area is 120 Å². The van der Waals surface area contributed by atoms with Crippen molar-refractivity contribution in [2.24, 2.45) is 10.9 Å². The molecule has 0 aliphatic rings. The first kappa shape index (κ1) is 14.5. The molecule has 21 heavy (non-hydrogen) atoms. The molecular formula is C15H14FN3O2. The molecule has 1 amide bonds. The van der Waals surface area contributed by atoms with Gasteiger partial charge in [0.1, 0.15) is 5.82 Å². The van der Waals surface area contributed by atoms with Crippen molar-refractivity contribution in [2.75, 3.05) is 5.32 Å². The number of nitrogens with zero attached hydrogens (tertiary/aromatic N) is 1. The van der Waals surface area contributed by atoms with Crippen LogP contribution in [0.1, 0.15) is 21.5 Å². The van der Waals surface area contributed by atoms with Crippen LogP contribution in [0.5, 0.6) is 0 Å². The first-order valence-electron chi connectivity index (χ1n) is 6.16. The first-order valence-corrected chi connectivity index (χ1v) is 6.16. The third kappa shape index (κ3) is 3.36. The number of aryl methyl sites for hydroxylation is 1. The number of carbonyl (C=O) groups excluding carboxylic acids is 1. The van der Waals surface area contributed by atoms with Crippen molar-refractivity contribution in [3.8, 4) is 0 Å². The molecule has 0 aromatic heterocycles. The van der Waals surface area contributed by atoms with Crippen LogP contribution >= 0.6 is 0 Å². The minimum Gasteiger partial charge on any atom is -0.409 e. The molecule has 0 radical (unpaired) electrons. The summed E-state index contributed by atoms with van der Waals surface area (Å²) < 4.78 is 13.6. The first-order chi connectivity index (χ1) is 10.0. The average Bonchev–Trinajstić information content (AvgIpc) is 2.50. The summed E-state index contributed by atoms with van der Waals surface area (Å²) in [5, 5.41) is 13.9. The Bertz CT molecular complexity index is 697. The number of benzene rings is 2. The minimum absolute atomic E-state index is 0.0494. The maximum atomic E-state index is 13.6. The molecule has 2 aromatic rings. The van der Waals surface area contributed by atoms with Gasteiger partial charge in [0.25, 0.3) is 5.91 Å². The minimum atomic E-state index is -0.498. The van der Waals surface area contributed by atoms with E-state index in [1.54, 1.807) is 19.1 Å². The summed E-state index contributed by atoms with van der Waals surface area (Å²) in [6, 6.07) is 10.6. The number of carbonyl (C=O) groups is 1. The summed E-state index contributed by atoms with van der Waals surface area (Å²) in [5.41, 5.74) is 7.22. The van der Waals surface area contributed by atoms with Gasteiger partial charge in [0.2, 0.25) is 0 Å². The van der Waals surface area contributed by atoms with E-state index in [1.165, 1.54) is 30.3 Å². The van der Waals surface area contributed by atoms with E-state index in [1.807, 2.05) is 0 Å². The summed E-state index contributed by atoms with van der Waals surface area (Å²) in [4.78, 5) is 12.0. The average molecular weight is 287 g/mol. The van der Waals surface area contributed by atoms with Crippen LogP contribution in [0.2, 0.25) is 0 Å². The Balaban J connectivity index is 2.19.